The van der Waals surface area contributed by atoms with Crippen LogP contribution in [0.5, 0.6) is 5.75 Å². The molecule has 4 heteroatoms. The molecule has 0 heterocycles. The van der Waals surface area contributed by atoms with Crippen LogP contribution in [0, 0.1) is 12.7 Å². The van der Waals surface area contributed by atoms with E-state index in [4.69, 9.17) is 4.74 Å². The Morgan fingerprint density at radius 3 is 2.68 bits per heavy atom. The van der Waals surface area contributed by atoms with Gasteiger partial charge in [0, 0.05) is 24.1 Å². The van der Waals surface area contributed by atoms with Gasteiger partial charge in [0.1, 0.15) is 11.6 Å². The van der Waals surface area contributed by atoms with Crippen LogP contribution in [-0.4, -0.2) is 29.9 Å². The van der Waals surface area contributed by atoms with Gasteiger partial charge in [-0.05, 0) is 25.5 Å². The minimum Gasteiger partial charge on any atom is -0.493 e. The topological polar surface area (TPSA) is 41.5 Å². The summed E-state index contributed by atoms with van der Waals surface area (Å²) < 4.78 is 18.7. The molecular formula is C15H24FNO2. The Morgan fingerprint density at radius 1 is 1.42 bits per heavy atom. The zero-order valence-corrected chi connectivity index (χ0v) is 12.2. The maximum Gasteiger partial charge on any atom is 0.126 e. The van der Waals surface area contributed by atoms with Crippen molar-refractivity contribution >= 4 is 0 Å². The summed E-state index contributed by atoms with van der Waals surface area (Å²) in [6.45, 7) is 8.37. The first kappa shape index (κ1) is 15.9. The van der Waals surface area contributed by atoms with Crippen molar-refractivity contribution in [3.63, 3.8) is 0 Å². The van der Waals surface area contributed by atoms with Gasteiger partial charge in [-0.25, -0.2) is 4.39 Å². The molecule has 1 aromatic carbocycles. The second-order valence-electron chi connectivity index (χ2n) is 5.53. The quantitative estimate of drug-likeness (QED) is 0.799. The number of hydrogen-bond donors (Lipinski definition) is 2. The number of halogens is 1. The van der Waals surface area contributed by atoms with Gasteiger partial charge in [-0.1, -0.05) is 19.9 Å². The van der Waals surface area contributed by atoms with Crippen LogP contribution in [0.15, 0.2) is 18.2 Å². The minimum atomic E-state index is -0.380. The summed E-state index contributed by atoms with van der Waals surface area (Å²) in [5, 5.41) is 12.8. The Hall–Kier alpha value is -1.13. The third kappa shape index (κ3) is 5.17. The van der Waals surface area contributed by atoms with E-state index in [1.807, 2.05) is 27.7 Å². The lowest BCUT2D eigenvalue weighted by Gasteiger charge is -2.31. The normalized spacial score (nSPS) is 14.5. The highest BCUT2D eigenvalue weighted by molar-refractivity contribution is 5.32. The summed E-state index contributed by atoms with van der Waals surface area (Å²) in [5.74, 6) is 0.260. The summed E-state index contributed by atoms with van der Waals surface area (Å²) in [6, 6.07) is 4.79. The molecule has 1 rings (SSSR count). The molecule has 0 saturated carbocycles. The fourth-order valence-electron chi connectivity index (χ4n) is 2.01. The molecule has 3 nitrogen and oxygen atoms in total. The third-order valence-electron chi connectivity index (χ3n) is 3.05. The average molecular weight is 269 g/mol. The maximum absolute atomic E-state index is 13.1. The zero-order chi connectivity index (χ0) is 14.5. The molecule has 0 aliphatic carbocycles. The van der Waals surface area contributed by atoms with Crippen LogP contribution in [0.4, 0.5) is 4.39 Å². The Balaban J connectivity index is 2.55. The van der Waals surface area contributed by atoms with Crippen molar-refractivity contribution < 1.29 is 14.2 Å². The molecule has 108 valence electrons. The van der Waals surface area contributed by atoms with Crippen molar-refractivity contribution in [3.05, 3.63) is 29.6 Å². The largest absolute Gasteiger partial charge is 0.493 e. The monoisotopic (exact) mass is 269 g/mol. The molecule has 1 unspecified atom stereocenters. The zero-order valence-electron chi connectivity index (χ0n) is 12.2. The van der Waals surface area contributed by atoms with E-state index in [0.717, 1.165) is 5.56 Å². The van der Waals surface area contributed by atoms with Gasteiger partial charge in [0.05, 0.1) is 13.2 Å². The van der Waals surface area contributed by atoms with Crippen molar-refractivity contribution in [3.8, 4) is 5.75 Å². The first-order valence-corrected chi connectivity index (χ1v) is 6.64. The van der Waals surface area contributed by atoms with E-state index in [1.54, 1.807) is 6.07 Å². The van der Waals surface area contributed by atoms with Gasteiger partial charge in [-0.15, -0.1) is 0 Å². The third-order valence-corrected chi connectivity index (χ3v) is 3.05. The van der Waals surface area contributed by atoms with Crippen LogP contribution in [0.2, 0.25) is 0 Å². The predicted molar refractivity (Wildman–Crippen MR) is 75.0 cm³/mol. The highest BCUT2D eigenvalue weighted by Gasteiger charge is 2.23. The lowest BCUT2D eigenvalue weighted by atomic mass is 9.98. The molecule has 0 aliphatic heterocycles. The number of rotatable bonds is 7. The number of aliphatic hydroxyl groups excluding tert-OH is 1. The summed E-state index contributed by atoms with van der Waals surface area (Å²) in [5.41, 5.74) is 0.527. The summed E-state index contributed by atoms with van der Waals surface area (Å²) >= 11 is 0. The second kappa shape index (κ2) is 6.87. The molecule has 0 amide bonds. The minimum absolute atomic E-state index is 0.0384. The first-order valence-electron chi connectivity index (χ1n) is 6.64. The van der Waals surface area contributed by atoms with Gasteiger partial charge in [-0.3, -0.25) is 0 Å². The summed E-state index contributed by atoms with van der Waals surface area (Å²) in [4.78, 5) is 0. The van der Waals surface area contributed by atoms with Crippen molar-refractivity contribution in [2.75, 3.05) is 13.2 Å². The number of aryl methyl sites for hydroxylation is 1. The van der Waals surface area contributed by atoms with E-state index in [0.29, 0.717) is 18.8 Å². The number of hydrogen-bond acceptors (Lipinski definition) is 3. The molecule has 1 aromatic rings. The van der Waals surface area contributed by atoms with Gasteiger partial charge in [0.2, 0.25) is 0 Å². The van der Waals surface area contributed by atoms with Gasteiger partial charge in [0.25, 0.3) is 0 Å². The number of ether oxygens (including phenoxy) is 1. The van der Waals surface area contributed by atoms with Crippen LogP contribution in [0.25, 0.3) is 0 Å². The van der Waals surface area contributed by atoms with Crippen molar-refractivity contribution in [2.24, 2.45) is 0 Å². The Bertz CT molecular complexity index is 409. The highest BCUT2D eigenvalue weighted by atomic mass is 19.1. The van der Waals surface area contributed by atoms with Crippen molar-refractivity contribution in [2.45, 2.75) is 45.7 Å². The van der Waals surface area contributed by atoms with E-state index in [2.05, 4.69) is 5.32 Å². The molecule has 0 spiro atoms. The van der Waals surface area contributed by atoms with Crippen LogP contribution >= 0.6 is 0 Å². The van der Waals surface area contributed by atoms with Gasteiger partial charge in [-0.2, -0.15) is 0 Å². The lowest BCUT2D eigenvalue weighted by molar-refractivity contribution is 0.136. The van der Waals surface area contributed by atoms with Crippen LogP contribution in [0.3, 0.4) is 0 Å². The van der Waals surface area contributed by atoms with E-state index < -0.39 is 0 Å². The van der Waals surface area contributed by atoms with Crippen LogP contribution in [0.1, 0.15) is 32.8 Å². The summed E-state index contributed by atoms with van der Waals surface area (Å²) in [6.07, 6.45) is 0.650. The first-order chi connectivity index (χ1) is 8.86. The number of aliphatic hydroxyl groups is 1. The predicted octanol–water partition coefficient (Wildman–Crippen LogP) is 2.65. The van der Waals surface area contributed by atoms with Crippen molar-refractivity contribution in [1.29, 1.82) is 0 Å². The molecular weight excluding hydrogens is 245 g/mol. The Morgan fingerprint density at radius 2 is 2.11 bits per heavy atom. The second-order valence-corrected chi connectivity index (χ2v) is 5.53. The van der Waals surface area contributed by atoms with E-state index >= 15 is 0 Å². The maximum atomic E-state index is 13.1. The Kier molecular flexibility index (Phi) is 5.76. The van der Waals surface area contributed by atoms with E-state index in [9.17, 15) is 9.50 Å². The van der Waals surface area contributed by atoms with Gasteiger partial charge >= 0.3 is 0 Å². The van der Waals surface area contributed by atoms with E-state index in [-0.39, 0.29) is 24.0 Å². The van der Waals surface area contributed by atoms with Crippen LogP contribution in [-0.2, 0) is 0 Å². The SMILES string of the molecule is Cc1ccc(F)cc1OCCC(C)(CO)NC(C)C. The molecule has 0 fully saturated rings. The highest BCUT2D eigenvalue weighted by Crippen LogP contribution is 2.20. The molecule has 1 atom stereocenters. The summed E-state index contributed by atoms with van der Waals surface area (Å²) in [7, 11) is 0. The van der Waals surface area contributed by atoms with Gasteiger partial charge in [0.15, 0.2) is 0 Å². The Labute approximate surface area is 114 Å². The molecule has 0 radical (unpaired) electrons. The lowest BCUT2D eigenvalue weighted by Crippen LogP contribution is -2.50. The smallest absolute Gasteiger partial charge is 0.126 e. The molecule has 19 heavy (non-hydrogen) atoms. The van der Waals surface area contributed by atoms with E-state index in [1.165, 1.54) is 12.1 Å². The molecule has 2 N–H and O–H groups in total. The number of benzene rings is 1. The molecule has 0 bridgehead atoms. The van der Waals surface area contributed by atoms with Gasteiger partial charge < -0.3 is 15.2 Å². The standard InChI is InChI=1S/C15H24FNO2/c1-11(2)17-15(4,10-18)7-8-19-14-9-13(16)6-5-12(14)3/h5-6,9,11,17-18H,7-8,10H2,1-4H3. The fraction of sp³-hybridized carbons (Fsp3) is 0.600. The van der Waals surface area contributed by atoms with Crippen LogP contribution < -0.4 is 10.1 Å². The molecule has 0 aromatic heterocycles. The molecule has 0 aliphatic rings. The number of nitrogens with one attached hydrogen (secondary N) is 1. The van der Waals surface area contributed by atoms with Crippen molar-refractivity contribution in [1.82, 2.24) is 5.32 Å². The molecule has 0 saturated heterocycles. The fourth-order valence-corrected chi connectivity index (χ4v) is 2.01. The average Bonchev–Trinajstić information content (AvgIpc) is 2.32.